The second-order valence-electron chi connectivity index (χ2n) is 34.9. The fraction of sp³-hybridized carbons (Fsp3) is 0.350. The quantitative estimate of drug-likeness (QED) is 0.00904. The van der Waals surface area contributed by atoms with Crippen LogP contribution >= 0.6 is 0 Å². The SMILES string of the molecule is C=C(C)C(=O)OCCCCCCOC1CCC(c2ccc(C(=O)O)cc2)CC1.C=C(C)C(=O)OCCCCCCOc1ccc(-c2ccc(/C=C/C(=O)O)cc2)cc1.C=C(C)C(=O)OCCCCCCOc1ccc(-c2ccc(C(=O)O)cc2)cc1.C=C(C)C(=O)OCCCCCCOc1ccc(-c2ccc(OC(=O)/C=C/c3ccc(OC)cc3)cc2)cc1.C=C(C)C(=O)OCCCCCCOc1ccc(C(=O)O)cc1. The Kier molecular flexibility index (Phi) is 57.0. The first-order valence-electron chi connectivity index (χ1n) is 49.6. The van der Waals surface area contributed by atoms with Crippen molar-refractivity contribution < 1.29 is 125 Å². The van der Waals surface area contributed by atoms with Crippen molar-refractivity contribution in [2.24, 2.45) is 0 Å². The van der Waals surface area contributed by atoms with Gasteiger partial charge in [-0.1, -0.05) is 149 Å². The van der Waals surface area contributed by atoms with Crippen molar-refractivity contribution in [2.45, 2.75) is 201 Å². The Morgan fingerprint density at radius 3 is 0.788 bits per heavy atom. The Labute approximate surface area is 858 Å². The van der Waals surface area contributed by atoms with Gasteiger partial charge in [0.1, 0.15) is 34.5 Å². The van der Waals surface area contributed by atoms with E-state index in [1.54, 1.807) is 115 Å². The number of aromatic carboxylic acids is 3. The molecule has 0 saturated heterocycles. The first-order valence-corrected chi connectivity index (χ1v) is 49.6. The van der Waals surface area contributed by atoms with Crippen LogP contribution in [0.3, 0.4) is 0 Å². The minimum Gasteiger partial charge on any atom is -0.497 e. The Bertz CT molecular complexity index is 5590. The highest BCUT2D eigenvalue weighted by molar-refractivity contribution is 5.92. The molecular weight excluding hydrogens is 1860 g/mol. The van der Waals surface area contributed by atoms with Crippen molar-refractivity contribution in [1.29, 1.82) is 0 Å². The van der Waals surface area contributed by atoms with E-state index in [0.29, 0.717) is 116 Å². The molecule has 9 aromatic rings. The van der Waals surface area contributed by atoms with Crippen molar-refractivity contribution in [3.05, 3.63) is 325 Å². The van der Waals surface area contributed by atoms with Crippen LogP contribution in [0.5, 0.6) is 34.5 Å². The molecule has 0 bridgehead atoms. The third kappa shape index (κ3) is 50.7. The lowest BCUT2D eigenvalue weighted by Crippen LogP contribution is -2.21. The summed E-state index contributed by atoms with van der Waals surface area (Å²) in [5, 5.41) is 35.4. The second-order valence-corrected chi connectivity index (χ2v) is 34.9. The van der Waals surface area contributed by atoms with Crippen LogP contribution in [0.2, 0.25) is 0 Å². The topological polar surface area (TPSA) is 362 Å². The van der Waals surface area contributed by atoms with E-state index in [1.807, 2.05) is 146 Å². The molecule has 778 valence electrons. The van der Waals surface area contributed by atoms with Gasteiger partial charge >= 0.3 is 59.7 Å². The molecule has 0 aromatic heterocycles. The maximum Gasteiger partial charge on any atom is 0.336 e. The zero-order chi connectivity index (χ0) is 106. The van der Waals surface area contributed by atoms with Gasteiger partial charge in [-0.15, -0.1) is 0 Å². The van der Waals surface area contributed by atoms with E-state index in [4.69, 9.17) is 77.3 Å². The number of carbonyl (C=O) groups is 10. The molecule has 10 rings (SSSR count). The normalized spacial score (nSPS) is 12.2. The summed E-state index contributed by atoms with van der Waals surface area (Å²) in [7, 11) is 1.61. The summed E-state index contributed by atoms with van der Waals surface area (Å²) in [4.78, 5) is 111. The van der Waals surface area contributed by atoms with Crippen molar-refractivity contribution in [2.75, 3.05) is 73.2 Å². The van der Waals surface area contributed by atoms with Crippen molar-refractivity contribution >= 4 is 71.8 Å². The van der Waals surface area contributed by atoms with E-state index >= 15 is 0 Å². The summed E-state index contributed by atoms with van der Waals surface area (Å²) in [5.74, 6) is -0.922. The van der Waals surface area contributed by atoms with E-state index < -0.39 is 29.8 Å². The summed E-state index contributed by atoms with van der Waals surface area (Å²) >= 11 is 0. The third-order valence-corrected chi connectivity index (χ3v) is 22.6. The number of carboxylic acids is 4. The Morgan fingerprint density at radius 1 is 0.274 bits per heavy atom. The molecule has 0 spiro atoms. The molecular formula is C120H142O26. The van der Waals surface area contributed by atoms with Gasteiger partial charge in [-0.05, 0) is 360 Å². The highest BCUT2D eigenvalue weighted by Crippen LogP contribution is 2.35. The van der Waals surface area contributed by atoms with Crippen LogP contribution in [0.4, 0.5) is 0 Å². The van der Waals surface area contributed by atoms with Crippen molar-refractivity contribution in [3.63, 3.8) is 0 Å². The molecule has 1 saturated carbocycles. The Balaban J connectivity index is 0.000000282. The van der Waals surface area contributed by atoms with Crippen LogP contribution in [0.25, 0.3) is 45.5 Å². The molecule has 0 heterocycles. The van der Waals surface area contributed by atoms with Gasteiger partial charge < -0.3 is 77.3 Å². The van der Waals surface area contributed by atoms with Gasteiger partial charge in [0, 0.05) is 46.6 Å². The highest BCUT2D eigenvalue weighted by atomic mass is 16.6. The largest absolute Gasteiger partial charge is 0.497 e. The molecule has 0 aliphatic heterocycles. The zero-order valence-corrected chi connectivity index (χ0v) is 85.1. The number of ether oxygens (including phenoxy) is 12. The van der Waals surface area contributed by atoms with Crippen LogP contribution in [0.15, 0.2) is 291 Å². The predicted molar refractivity (Wildman–Crippen MR) is 568 cm³/mol. The van der Waals surface area contributed by atoms with Gasteiger partial charge in [-0.2, -0.15) is 0 Å². The van der Waals surface area contributed by atoms with Gasteiger partial charge in [0.05, 0.1) is 89.4 Å². The average molecular weight is 2000 g/mol. The van der Waals surface area contributed by atoms with Crippen molar-refractivity contribution in [1.82, 2.24) is 0 Å². The third-order valence-electron chi connectivity index (χ3n) is 22.6. The minimum atomic E-state index is -0.959. The molecule has 0 unspecified atom stereocenters. The van der Waals surface area contributed by atoms with E-state index in [9.17, 15) is 47.9 Å². The molecule has 26 nitrogen and oxygen atoms in total. The van der Waals surface area contributed by atoms with Gasteiger partial charge in [-0.3, -0.25) is 0 Å². The average Bonchev–Trinajstić information content (AvgIpc) is 0.856. The summed E-state index contributed by atoms with van der Waals surface area (Å²) < 4.78 is 64.7. The number of hydrogen-bond donors (Lipinski definition) is 4. The fourth-order valence-electron chi connectivity index (χ4n) is 14.1. The number of carboxylic acid groups (broad SMARTS) is 4. The number of carbonyl (C=O) groups excluding carboxylic acids is 6. The number of esters is 6. The number of aliphatic carboxylic acids is 1. The number of benzene rings is 9. The summed E-state index contributed by atoms with van der Waals surface area (Å²) in [5.41, 5.74) is 12.1. The molecule has 1 aliphatic carbocycles. The predicted octanol–water partition coefficient (Wildman–Crippen LogP) is 26.2. The van der Waals surface area contributed by atoms with E-state index in [-0.39, 0.29) is 41.0 Å². The fourth-order valence-corrected chi connectivity index (χ4v) is 14.1. The first kappa shape index (κ1) is 120. The Morgan fingerprint density at radius 2 is 0.507 bits per heavy atom. The van der Waals surface area contributed by atoms with Crippen LogP contribution in [0.1, 0.15) is 242 Å². The van der Waals surface area contributed by atoms with Gasteiger partial charge in [0.2, 0.25) is 0 Å². The number of rotatable bonds is 58. The van der Waals surface area contributed by atoms with E-state index in [0.717, 1.165) is 234 Å². The Hall–Kier alpha value is -15.2. The molecule has 9 aromatic carbocycles. The van der Waals surface area contributed by atoms with Crippen LogP contribution in [0, 0.1) is 0 Å². The van der Waals surface area contributed by atoms with Crippen LogP contribution in [-0.2, 0) is 62.0 Å². The molecule has 0 atom stereocenters. The number of unbranched alkanes of at least 4 members (excludes halogenated alkanes) is 15. The second kappa shape index (κ2) is 69.7. The first-order chi connectivity index (χ1) is 70.3. The molecule has 146 heavy (non-hydrogen) atoms. The maximum atomic E-state index is 12.2. The van der Waals surface area contributed by atoms with Crippen LogP contribution in [-0.4, -0.2) is 159 Å². The molecule has 26 heteroatoms. The maximum absolute atomic E-state index is 12.2. The summed E-state index contributed by atoms with van der Waals surface area (Å²) in [6.07, 6.45) is 29.5. The van der Waals surface area contributed by atoms with Gasteiger partial charge in [0.25, 0.3) is 0 Å². The van der Waals surface area contributed by atoms with Gasteiger partial charge in [0.15, 0.2) is 0 Å². The molecule has 0 radical (unpaired) electrons. The smallest absolute Gasteiger partial charge is 0.336 e. The zero-order valence-electron chi connectivity index (χ0n) is 85.1. The van der Waals surface area contributed by atoms with Crippen molar-refractivity contribution in [3.8, 4) is 67.9 Å². The minimum absolute atomic E-state index is 0.247. The summed E-state index contributed by atoms with van der Waals surface area (Å²) in [6, 6.07) is 66.5. The van der Waals surface area contributed by atoms with E-state index in [2.05, 4.69) is 32.9 Å². The number of methoxy groups -OCH3 is 1. The number of hydrogen-bond acceptors (Lipinski definition) is 22. The summed E-state index contributed by atoms with van der Waals surface area (Å²) in [6.45, 7) is 31.4. The highest BCUT2D eigenvalue weighted by Gasteiger charge is 2.24. The molecule has 1 aliphatic rings. The van der Waals surface area contributed by atoms with Gasteiger partial charge in [-0.25, -0.2) is 47.9 Å². The molecule has 4 N–H and O–H groups in total. The monoisotopic (exact) mass is 2000 g/mol. The van der Waals surface area contributed by atoms with Crippen LogP contribution < -0.4 is 28.4 Å². The molecule has 0 amide bonds. The van der Waals surface area contributed by atoms with E-state index in [1.165, 1.54) is 23.8 Å². The lowest BCUT2D eigenvalue weighted by atomic mass is 9.82. The lowest BCUT2D eigenvalue weighted by molar-refractivity contribution is -0.139. The lowest BCUT2D eigenvalue weighted by Gasteiger charge is -2.29. The molecule has 1 fully saturated rings. The standard InChI is InChI=1S/C32H34O6.C25H28O5.C23H32O5.C23H26O5.C17H22O5/c1-24(2)32(34)37-23-7-5-4-6-22-36-29-17-11-26(12-18-29)27-13-19-30(20-14-27)38-31(33)21-10-25-8-15-28(35-3)16-9-25;1-19(2)25(28)30-18-6-4-3-5-17-29-23-14-12-22(13-15-23)21-10-7-20(8-11-21)9-16-24(26)27;2*1-17(2)23(26)28-16-6-4-3-5-15-27-21-13-11-19(12-14-21)18-7-9-20(10-8-18)22(24)25;1-13(2)17(20)22-12-6-4-3-5-11-21-15-9-7-14(8-10-15)16(18)19/h8-21H,1,4-7,22-23H2,2-3H3;7-16H,1,3-6,17-18H2,2H3,(H,26,27);7-10,19,21H,1,3-6,11-16H2,2H3,(H,24,25);7-14H,1,3-6,15-16H2,2H3,(H,24,25);7-10H,1,3-6,11-12H2,2H3,(H,18,19)/b21-10+;16-9+;;;.